The molecule has 4 N–H and O–H groups in total. The molecule has 16 heteroatoms. The lowest BCUT2D eigenvalue weighted by Gasteiger charge is -2.37. The molecule has 3 atom stereocenters. The number of ether oxygens (including phenoxy) is 2. The Hall–Kier alpha value is -5.27. The summed E-state index contributed by atoms with van der Waals surface area (Å²) in [5.74, 6) is -0.559. The zero-order chi connectivity index (χ0) is 36.8. The van der Waals surface area contributed by atoms with E-state index in [2.05, 4.69) is 14.9 Å². The van der Waals surface area contributed by atoms with Crippen LogP contribution >= 0.6 is 11.3 Å². The van der Waals surface area contributed by atoms with E-state index >= 15 is 8.78 Å². The number of rotatable bonds is 7. The quantitative estimate of drug-likeness (QED) is 0.164. The molecular formula is C37H33F4N9O2S. The van der Waals surface area contributed by atoms with Crippen molar-refractivity contribution in [3.63, 3.8) is 0 Å². The molecule has 0 radical (unpaired) electrons. The number of nitrogen functional groups attached to an aromatic ring is 2. The molecule has 2 unspecified atom stereocenters. The van der Waals surface area contributed by atoms with Crippen LogP contribution in [0.5, 0.6) is 11.9 Å². The van der Waals surface area contributed by atoms with E-state index in [9.17, 15) is 14.0 Å². The molecule has 0 spiro atoms. The molecule has 1 saturated carbocycles. The number of thiophene rings is 1. The van der Waals surface area contributed by atoms with Crippen molar-refractivity contribution in [3.8, 4) is 29.2 Å². The minimum atomic E-state index is -1.68. The van der Waals surface area contributed by atoms with E-state index in [0.29, 0.717) is 24.6 Å². The predicted octanol–water partition coefficient (Wildman–Crippen LogP) is 7.12. The van der Waals surface area contributed by atoms with Crippen LogP contribution in [0.15, 0.2) is 42.1 Å². The second-order valence-corrected chi connectivity index (χ2v) is 15.3. The van der Waals surface area contributed by atoms with E-state index in [0.717, 1.165) is 36.2 Å². The monoisotopic (exact) mass is 743 g/mol. The summed E-state index contributed by atoms with van der Waals surface area (Å²) < 4.78 is 72.8. The normalized spacial score (nSPS) is 21.8. The van der Waals surface area contributed by atoms with E-state index in [4.69, 9.17) is 30.9 Å². The number of pyridine rings is 2. The third kappa shape index (κ3) is 5.31. The summed E-state index contributed by atoms with van der Waals surface area (Å²) in [5.41, 5.74) is 12.4. The number of anilines is 3. The molecule has 1 aliphatic carbocycles. The highest BCUT2D eigenvalue weighted by molar-refractivity contribution is 7.23. The van der Waals surface area contributed by atoms with Gasteiger partial charge in [0.25, 0.3) is 6.08 Å². The van der Waals surface area contributed by atoms with Crippen LogP contribution < -0.4 is 25.8 Å². The molecule has 4 aliphatic rings. The van der Waals surface area contributed by atoms with Crippen molar-refractivity contribution < 1.29 is 27.0 Å². The van der Waals surface area contributed by atoms with E-state index in [1.165, 1.54) is 12.1 Å². The van der Waals surface area contributed by atoms with Gasteiger partial charge in [-0.15, -0.1) is 11.3 Å². The van der Waals surface area contributed by atoms with Crippen molar-refractivity contribution in [2.75, 3.05) is 42.7 Å². The zero-order valence-electron chi connectivity index (χ0n) is 28.5. The minimum Gasteiger partial charge on any atom is -0.475 e. The van der Waals surface area contributed by atoms with Gasteiger partial charge in [-0.05, 0) is 69.7 Å². The van der Waals surface area contributed by atoms with Crippen LogP contribution in [0.2, 0.25) is 0 Å². The Bertz CT molecular complexity index is 2410. The first-order chi connectivity index (χ1) is 25.6. The topological polar surface area (TPSA) is 152 Å². The van der Waals surface area contributed by atoms with Crippen molar-refractivity contribution in [1.29, 1.82) is 5.26 Å². The molecule has 272 valence electrons. The van der Waals surface area contributed by atoms with Crippen molar-refractivity contribution in [1.82, 2.24) is 24.8 Å². The third-order valence-electron chi connectivity index (χ3n) is 11.2. The summed E-state index contributed by atoms with van der Waals surface area (Å²) in [6.07, 6.45) is 3.41. The highest BCUT2D eigenvalue weighted by Crippen LogP contribution is 2.49. The fourth-order valence-corrected chi connectivity index (χ4v) is 9.40. The first-order valence-electron chi connectivity index (χ1n) is 17.4. The Kier molecular flexibility index (Phi) is 7.86. The standard InChI is InChI=1S/C37H33F4N9O2S/c1-17(20-4-2-10-45-32(20)43)50-24(18-5-6-18)15-51-35-26-29(27(39)28(46-35)21-7-8-23(38)30-25(21)22(13-42)33(44)53-30)47-36(48-34(26)50)52-16-37-9-3-11-49(37)14-19(12-37)31(40)41/h2,4,7-8,10,17-18,24H,3,5-6,9,11-12,14-16,44H2,1H3,(H2,43,45)/t17?,24?,37-/m0/s1. The lowest BCUT2D eigenvalue weighted by Crippen LogP contribution is -2.44. The lowest BCUT2D eigenvalue weighted by atomic mass is 9.94. The summed E-state index contributed by atoms with van der Waals surface area (Å²) in [4.78, 5) is 22.6. The summed E-state index contributed by atoms with van der Waals surface area (Å²) in [6.45, 7) is 2.95. The van der Waals surface area contributed by atoms with E-state index in [1.54, 1.807) is 12.3 Å². The Morgan fingerprint density at radius 1 is 1.17 bits per heavy atom. The number of hydrogen-bond acceptors (Lipinski definition) is 12. The van der Waals surface area contributed by atoms with Gasteiger partial charge in [0.05, 0.1) is 27.9 Å². The largest absolute Gasteiger partial charge is 0.475 e. The number of nitrogens with zero attached hydrogens (tertiary/aromatic N) is 7. The van der Waals surface area contributed by atoms with Crippen LogP contribution in [-0.4, -0.2) is 62.7 Å². The Labute approximate surface area is 304 Å². The van der Waals surface area contributed by atoms with Gasteiger partial charge in [0.15, 0.2) is 5.82 Å². The molecule has 0 bridgehead atoms. The molecule has 0 amide bonds. The molecule has 2 saturated heterocycles. The molecule has 11 nitrogen and oxygen atoms in total. The van der Waals surface area contributed by atoms with Gasteiger partial charge in [0.1, 0.15) is 58.3 Å². The molecule has 9 rings (SSSR count). The third-order valence-corrected chi connectivity index (χ3v) is 12.2. The summed E-state index contributed by atoms with van der Waals surface area (Å²) >= 11 is 0.895. The van der Waals surface area contributed by atoms with Crippen molar-refractivity contribution in [3.05, 3.63) is 64.9 Å². The zero-order valence-corrected chi connectivity index (χ0v) is 29.3. The number of halogens is 4. The molecule has 1 aromatic carbocycles. The maximum Gasteiger partial charge on any atom is 0.319 e. The summed E-state index contributed by atoms with van der Waals surface area (Å²) in [5, 5.41) is 10.4. The number of fused-ring (bicyclic) bond motifs is 2. The van der Waals surface area contributed by atoms with Crippen LogP contribution in [-0.2, 0) is 0 Å². The highest BCUT2D eigenvalue weighted by atomic mass is 32.1. The summed E-state index contributed by atoms with van der Waals surface area (Å²) in [7, 11) is 0. The van der Waals surface area contributed by atoms with E-state index < -0.39 is 29.3 Å². The van der Waals surface area contributed by atoms with Crippen LogP contribution in [0.25, 0.3) is 32.2 Å². The SMILES string of the molecule is CC(c1cccnc1N)N1c2nc(OC[C@@]34CCCN3CC(=C(F)F)C4)nc3c(F)c(-c4ccc(F)c5sc(N)c(C#N)c45)nc(c23)OCC1C1CC1. The smallest absolute Gasteiger partial charge is 0.319 e. The van der Waals surface area contributed by atoms with Crippen molar-refractivity contribution in [2.45, 2.75) is 56.7 Å². The van der Waals surface area contributed by atoms with Gasteiger partial charge in [0, 0.05) is 34.8 Å². The van der Waals surface area contributed by atoms with Crippen LogP contribution in [0, 0.1) is 28.9 Å². The molecule has 4 aromatic heterocycles. The van der Waals surface area contributed by atoms with Gasteiger partial charge < -0.3 is 25.8 Å². The Balaban J connectivity index is 1.26. The highest BCUT2D eigenvalue weighted by Gasteiger charge is 2.49. The minimum absolute atomic E-state index is 0.00704. The van der Waals surface area contributed by atoms with Crippen LogP contribution in [0.1, 0.15) is 56.2 Å². The van der Waals surface area contributed by atoms with Crippen molar-refractivity contribution >= 4 is 49.0 Å². The summed E-state index contributed by atoms with van der Waals surface area (Å²) in [6, 6.07) is 7.44. The van der Waals surface area contributed by atoms with Crippen LogP contribution in [0.3, 0.4) is 0 Å². The lowest BCUT2D eigenvalue weighted by molar-refractivity contribution is 0.108. The average Bonchev–Trinajstić information content (AvgIpc) is 3.73. The van der Waals surface area contributed by atoms with Gasteiger partial charge in [-0.3, -0.25) is 4.90 Å². The molecule has 5 aromatic rings. The van der Waals surface area contributed by atoms with Crippen molar-refractivity contribution in [2.24, 2.45) is 5.92 Å². The van der Waals surface area contributed by atoms with Gasteiger partial charge in [-0.2, -0.15) is 24.0 Å². The maximum absolute atomic E-state index is 17.3. The molecule has 53 heavy (non-hydrogen) atoms. The van der Waals surface area contributed by atoms with Gasteiger partial charge in [-0.1, -0.05) is 6.07 Å². The van der Waals surface area contributed by atoms with Gasteiger partial charge in [0.2, 0.25) is 5.88 Å². The maximum atomic E-state index is 17.3. The average molecular weight is 744 g/mol. The Morgan fingerprint density at radius 3 is 2.75 bits per heavy atom. The number of nitriles is 1. The molecule has 7 heterocycles. The molecular weight excluding hydrogens is 711 g/mol. The number of nitrogens with two attached hydrogens (primary N) is 2. The molecule has 3 aliphatic heterocycles. The fourth-order valence-electron chi connectivity index (χ4n) is 8.45. The van der Waals surface area contributed by atoms with E-state index in [-0.39, 0.29) is 98.4 Å². The number of hydrogen-bond donors (Lipinski definition) is 2. The van der Waals surface area contributed by atoms with Gasteiger partial charge >= 0.3 is 6.01 Å². The van der Waals surface area contributed by atoms with Crippen LogP contribution in [0.4, 0.5) is 34.2 Å². The first kappa shape index (κ1) is 33.6. The number of aromatic nitrogens is 4. The van der Waals surface area contributed by atoms with E-state index in [1.807, 2.05) is 24.0 Å². The van der Waals surface area contributed by atoms with Gasteiger partial charge in [-0.25, -0.2) is 18.7 Å². The second kappa shape index (κ2) is 12.4. The second-order valence-electron chi connectivity index (χ2n) is 14.2. The predicted molar refractivity (Wildman–Crippen MR) is 192 cm³/mol. The Morgan fingerprint density at radius 2 is 2.00 bits per heavy atom. The fraction of sp³-hybridized carbons (Fsp3) is 0.378. The first-order valence-corrected chi connectivity index (χ1v) is 18.2. The molecule has 3 fully saturated rings. The number of benzene rings is 1.